The van der Waals surface area contributed by atoms with Gasteiger partial charge in [-0.15, -0.1) is 11.3 Å². The van der Waals surface area contributed by atoms with E-state index in [0.29, 0.717) is 5.52 Å². The molecular formula is C35H45N5O6S. The van der Waals surface area contributed by atoms with Crippen molar-refractivity contribution in [2.75, 3.05) is 0 Å². The molecule has 0 unspecified atom stereocenters. The summed E-state index contributed by atoms with van der Waals surface area (Å²) in [6, 6.07) is 14.2. The molecule has 0 aliphatic heterocycles. The number of nitrogens with zero attached hydrogens (tertiary/aromatic N) is 1. The fourth-order valence-corrected chi connectivity index (χ4v) is 6.00. The number of amides is 3. The minimum Gasteiger partial charge on any atom is -0.444 e. The average molecular weight is 664 g/mol. The van der Waals surface area contributed by atoms with Gasteiger partial charge in [0.1, 0.15) is 22.8 Å². The van der Waals surface area contributed by atoms with Gasteiger partial charge in [0.25, 0.3) is 0 Å². The lowest BCUT2D eigenvalue weighted by molar-refractivity contribution is -0.132. The first kappa shape index (κ1) is 35.4. The molecule has 2 atom stereocenters. The van der Waals surface area contributed by atoms with Crippen molar-refractivity contribution in [1.29, 1.82) is 0 Å². The summed E-state index contributed by atoms with van der Waals surface area (Å²) in [5.41, 5.74) is 5.93. The Morgan fingerprint density at radius 2 is 1.43 bits per heavy atom. The largest absolute Gasteiger partial charge is 0.444 e. The number of nitrogens with one attached hydrogen (secondary N) is 3. The normalized spacial score (nSPS) is 13.6. The highest BCUT2D eigenvalue weighted by Crippen LogP contribution is 2.27. The van der Waals surface area contributed by atoms with Crippen molar-refractivity contribution in [1.82, 2.24) is 20.5 Å². The van der Waals surface area contributed by atoms with E-state index in [4.69, 9.17) is 15.2 Å². The number of carbonyl (C=O) groups is 4. The first-order valence-corrected chi connectivity index (χ1v) is 16.4. The highest BCUT2D eigenvalue weighted by atomic mass is 32.1. The second kappa shape index (κ2) is 13.7. The van der Waals surface area contributed by atoms with Crippen molar-refractivity contribution < 1.29 is 28.7 Å². The van der Waals surface area contributed by atoms with Crippen LogP contribution in [0.3, 0.4) is 0 Å². The molecule has 0 fully saturated rings. The zero-order valence-corrected chi connectivity index (χ0v) is 29.0. The van der Waals surface area contributed by atoms with Gasteiger partial charge >= 0.3 is 12.2 Å². The topological polar surface area (TPSA) is 154 Å². The van der Waals surface area contributed by atoms with E-state index in [2.05, 4.69) is 16.0 Å². The minimum atomic E-state index is -1.40. The highest BCUT2D eigenvalue weighted by Gasteiger charge is 2.35. The van der Waals surface area contributed by atoms with Gasteiger partial charge in [0, 0.05) is 29.1 Å². The zero-order chi connectivity index (χ0) is 34.7. The lowest BCUT2D eigenvalue weighted by atomic mass is 10.0. The van der Waals surface area contributed by atoms with Crippen LogP contribution in [0.1, 0.15) is 66.5 Å². The number of para-hydroxylation sites is 1. The number of fused-ring (bicyclic) bond motifs is 2. The van der Waals surface area contributed by atoms with E-state index in [1.807, 2.05) is 53.9 Å². The first-order valence-electron chi connectivity index (χ1n) is 15.5. The second-order valence-corrected chi connectivity index (χ2v) is 15.0. The molecule has 2 aromatic carbocycles. The Labute approximate surface area is 279 Å². The van der Waals surface area contributed by atoms with Crippen LogP contribution in [-0.2, 0) is 31.9 Å². The molecule has 12 heteroatoms. The van der Waals surface area contributed by atoms with Crippen LogP contribution < -0.4 is 21.7 Å². The molecule has 2 aromatic heterocycles. The number of aromatic nitrogens is 1. The van der Waals surface area contributed by atoms with E-state index in [1.165, 1.54) is 18.4 Å². The van der Waals surface area contributed by atoms with Crippen molar-refractivity contribution in [3.05, 3.63) is 71.2 Å². The van der Waals surface area contributed by atoms with Crippen molar-refractivity contribution in [3.8, 4) is 0 Å². The number of thiophene rings is 1. The Bertz CT molecular complexity index is 1780. The Kier molecular flexibility index (Phi) is 10.4. The lowest BCUT2D eigenvalue weighted by Gasteiger charge is -2.30. The molecule has 0 aliphatic rings. The molecule has 4 rings (SSSR count). The monoisotopic (exact) mass is 663 g/mol. The molecule has 0 radical (unpaired) electrons. The molecular weight excluding hydrogens is 618 g/mol. The zero-order valence-electron chi connectivity index (χ0n) is 28.2. The van der Waals surface area contributed by atoms with Gasteiger partial charge in [-0.1, -0.05) is 36.4 Å². The van der Waals surface area contributed by atoms with Crippen molar-refractivity contribution in [2.24, 2.45) is 5.73 Å². The molecule has 4 aromatic rings. The van der Waals surface area contributed by atoms with E-state index >= 15 is 0 Å². The summed E-state index contributed by atoms with van der Waals surface area (Å²) in [7, 11) is 0. The number of ether oxygens (including phenoxy) is 2. The van der Waals surface area contributed by atoms with Crippen LogP contribution >= 0.6 is 11.3 Å². The van der Waals surface area contributed by atoms with Gasteiger partial charge in [0.15, 0.2) is 0 Å². The van der Waals surface area contributed by atoms with Gasteiger partial charge in [0.05, 0.1) is 11.7 Å². The molecule has 11 nitrogen and oxygen atoms in total. The van der Waals surface area contributed by atoms with Gasteiger partial charge in [-0.05, 0) is 89.4 Å². The number of carbonyl (C=O) groups excluding carboxylic acids is 4. The third-order valence-electron chi connectivity index (χ3n) is 7.14. The molecule has 0 saturated heterocycles. The van der Waals surface area contributed by atoms with Crippen LogP contribution in [0.25, 0.3) is 21.0 Å². The van der Waals surface area contributed by atoms with Gasteiger partial charge in [-0.25, -0.2) is 9.59 Å². The van der Waals surface area contributed by atoms with E-state index in [9.17, 15) is 19.2 Å². The predicted molar refractivity (Wildman–Crippen MR) is 184 cm³/mol. The van der Waals surface area contributed by atoms with E-state index < -0.39 is 52.9 Å². The van der Waals surface area contributed by atoms with Gasteiger partial charge < -0.3 is 31.2 Å². The molecule has 47 heavy (non-hydrogen) atoms. The second-order valence-electron chi connectivity index (χ2n) is 14.1. The summed E-state index contributed by atoms with van der Waals surface area (Å²) in [4.78, 5) is 52.8. The molecule has 0 aliphatic carbocycles. The summed E-state index contributed by atoms with van der Waals surface area (Å²) in [6.07, 6.45) is -0.0652. The standard InChI is InChI=1S/C35H45N5O6S/c1-33(2,3)45-31(43)39-35(7,8)30(42)37-25(17-22-20-47-27-16-12-10-14-24(22)27)29(41)38-28(36)18-21-19-40(32(44)46-34(4,5)6)26-15-11-9-13-23(21)26/h9-16,19-20,25,28H,17-18,36H2,1-8H3,(H,37,42)(H,38,41)(H,39,43)/t25-,28-/m1/s1. The number of hydrogen-bond acceptors (Lipinski definition) is 8. The molecule has 252 valence electrons. The van der Waals surface area contributed by atoms with E-state index in [-0.39, 0.29) is 12.8 Å². The third-order valence-corrected chi connectivity index (χ3v) is 8.15. The van der Waals surface area contributed by atoms with Crippen LogP contribution in [0.4, 0.5) is 9.59 Å². The SMILES string of the molecule is CC(C)(C)OC(=O)NC(C)(C)C(=O)N[C@H](Cc1csc2ccccc12)C(=O)N[C@@H](N)Cc1cn(C(=O)OC(C)(C)C)c2ccccc12. The maximum atomic E-state index is 13.8. The molecule has 5 N–H and O–H groups in total. The molecule has 0 bridgehead atoms. The summed E-state index contributed by atoms with van der Waals surface area (Å²) in [6.45, 7) is 13.6. The molecule has 0 spiro atoms. The van der Waals surface area contributed by atoms with Crippen LogP contribution in [-0.4, -0.2) is 57.5 Å². The molecule has 2 heterocycles. The van der Waals surface area contributed by atoms with Gasteiger partial charge in [-0.3, -0.25) is 14.2 Å². The third kappa shape index (κ3) is 9.32. The van der Waals surface area contributed by atoms with Crippen molar-refractivity contribution >= 4 is 56.3 Å². The number of benzene rings is 2. The summed E-state index contributed by atoms with van der Waals surface area (Å²) in [5, 5.41) is 12.0. The maximum Gasteiger partial charge on any atom is 0.419 e. The van der Waals surface area contributed by atoms with Crippen LogP contribution in [0.15, 0.2) is 60.1 Å². The number of alkyl carbamates (subject to hydrolysis) is 1. The molecule has 0 saturated carbocycles. The lowest BCUT2D eigenvalue weighted by Crippen LogP contribution is -2.61. The van der Waals surface area contributed by atoms with Gasteiger partial charge in [0.2, 0.25) is 11.8 Å². The Balaban J connectivity index is 1.55. The van der Waals surface area contributed by atoms with E-state index in [0.717, 1.165) is 26.6 Å². The quantitative estimate of drug-likeness (QED) is 0.170. The Morgan fingerprint density at radius 1 is 0.809 bits per heavy atom. The first-order chi connectivity index (χ1) is 21.8. The highest BCUT2D eigenvalue weighted by molar-refractivity contribution is 7.17. The average Bonchev–Trinajstić information content (AvgIpc) is 3.52. The van der Waals surface area contributed by atoms with Gasteiger partial charge in [-0.2, -0.15) is 0 Å². The van der Waals surface area contributed by atoms with Crippen LogP contribution in [0.2, 0.25) is 0 Å². The van der Waals surface area contributed by atoms with Crippen LogP contribution in [0, 0.1) is 0 Å². The molecule has 3 amide bonds. The summed E-state index contributed by atoms with van der Waals surface area (Å²) < 4.78 is 13.4. The number of hydrogen-bond donors (Lipinski definition) is 4. The fourth-order valence-electron chi connectivity index (χ4n) is 5.02. The minimum absolute atomic E-state index is 0.189. The maximum absolute atomic E-state index is 13.8. The van der Waals surface area contributed by atoms with E-state index in [1.54, 1.807) is 59.1 Å². The van der Waals surface area contributed by atoms with Crippen molar-refractivity contribution in [2.45, 2.75) is 97.2 Å². The summed E-state index contributed by atoms with van der Waals surface area (Å²) >= 11 is 1.55. The summed E-state index contributed by atoms with van der Waals surface area (Å²) in [5.74, 6) is -1.07. The number of rotatable bonds is 9. The number of nitrogens with two attached hydrogens (primary N) is 1. The van der Waals surface area contributed by atoms with Crippen LogP contribution in [0.5, 0.6) is 0 Å². The fraction of sp³-hybridized carbons (Fsp3) is 0.429. The predicted octanol–water partition coefficient (Wildman–Crippen LogP) is 5.61. The smallest absolute Gasteiger partial charge is 0.419 e. The van der Waals surface area contributed by atoms with Crippen molar-refractivity contribution in [3.63, 3.8) is 0 Å². The Hall–Kier alpha value is -4.42. The Morgan fingerprint density at radius 3 is 2.09 bits per heavy atom.